The molecule has 3 rings (SSSR count). The van der Waals surface area contributed by atoms with Crippen LogP contribution in [0.2, 0.25) is 0 Å². The van der Waals surface area contributed by atoms with Gasteiger partial charge in [0.15, 0.2) is 0 Å². The lowest BCUT2D eigenvalue weighted by molar-refractivity contribution is 0.0635. The molecule has 0 unspecified atom stereocenters. The number of sulfonamides is 2. The van der Waals surface area contributed by atoms with Crippen LogP contribution in [-0.4, -0.2) is 55.6 Å². The number of benzene rings is 1. The molecule has 216 valence electrons. The zero-order chi connectivity index (χ0) is 29.6. The number of nitrogens with zero attached hydrogens (tertiary/aromatic N) is 4. The molecule has 0 spiro atoms. The van der Waals surface area contributed by atoms with Crippen LogP contribution < -0.4 is 9.62 Å². The lowest BCUT2D eigenvalue weighted by Crippen LogP contribution is -2.31. The molecule has 0 saturated heterocycles. The van der Waals surface area contributed by atoms with Crippen molar-refractivity contribution in [3.05, 3.63) is 78.2 Å². The number of carbonyl (C=O) groups is 1. The molecule has 1 amide bonds. The Morgan fingerprint density at radius 3 is 2.27 bits per heavy atom. The first-order valence-corrected chi connectivity index (χ1v) is 15.7. The van der Waals surface area contributed by atoms with E-state index < -0.39 is 31.7 Å². The van der Waals surface area contributed by atoms with Crippen LogP contribution in [0.4, 0.5) is 16.3 Å². The van der Waals surface area contributed by atoms with Gasteiger partial charge in [-0.2, -0.15) is 4.31 Å². The van der Waals surface area contributed by atoms with Gasteiger partial charge in [0.2, 0.25) is 20.0 Å². The molecule has 0 radical (unpaired) electrons. The van der Waals surface area contributed by atoms with Crippen molar-refractivity contribution in [2.45, 2.75) is 57.7 Å². The summed E-state index contributed by atoms with van der Waals surface area (Å²) < 4.78 is 59.9. The Morgan fingerprint density at radius 2 is 1.68 bits per heavy atom. The van der Waals surface area contributed by atoms with Crippen LogP contribution in [0, 0.1) is 0 Å². The van der Waals surface area contributed by atoms with Crippen LogP contribution in [0.25, 0.3) is 0 Å². The molecule has 0 saturated carbocycles. The van der Waals surface area contributed by atoms with E-state index in [0.717, 1.165) is 0 Å². The number of amides is 1. The highest BCUT2D eigenvalue weighted by atomic mass is 32.2. The van der Waals surface area contributed by atoms with E-state index in [1.165, 1.54) is 40.2 Å². The molecule has 0 aliphatic heterocycles. The molecule has 3 aromatic rings. The predicted molar refractivity (Wildman–Crippen MR) is 154 cm³/mol. The SMILES string of the molecule is CCCS(=O)(=O)N(C)c1ccc(CN(Cc2cccc(NC(=O)OC(C)(C)C)n2)S(=O)(=O)c2cccnc2)cc1. The third-order valence-corrected chi connectivity index (χ3v) is 9.33. The molecule has 11 nitrogen and oxygen atoms in total. The molecule has 0 aliphatic carbocycles. The van der Waals surface area contributed by atoms with Gasteiger partial charge in [-0.3, -0.25) is 14.6 Å². The van der Waals surface area contributed by atoms with Crippen molar-refractivity contribution >= 4 is 37.6 Å². The van der Waals surface area contributed by atoms with Crippen LogP contribution in [-0.2, 0) is 37.9 Å². The van der Waals surface area contributed by atoms with E-state index in [9.17, 15) is 21.6 Å². The van der Waals surface area contributed by atoms with E-state index >= 15 is 0 Å². The fraction of sp³-hybridized carbons (Fsp3) is 0.370. The lowest BCUT2D eigenvalue weighted by Gasteiger charge is -2.23. The number of aromatic nitrogens is 2. The highest BCUT2D eigenvalue weighted by Gasteiger charge is 2.26. The van der Waals surface area contributed by atoms with E-state index in [4.69, 9.17) is 4.74 Å². The number of rotatable bonds is 11. The second kappa shape index (κ2) is 12.7. The molecule has 40 heavy (non-hydrogen) atoms. The van der Waals surface area contributed by atoms with E-state index in [1.54, 1.807) is 70.2 Å². The van der Waals surface area contributed by atoms with Gasteiger partial charge < -0.3 is 4.74 Å². The largest absolute Gasteiger partial charge is 0.444 e. The number of carbonyl (C=O) groups excluding carboxylic acids is 1. The highest BCUT2D eigenvalue weighted by molar-refractivity contribution is 7.92. The van der Waals surface area contributed by atoms with Gasteiger partial charge in [-0.05, 0) is 69.2 Å². The summed E-state index contributed by atoms with van der Waals surface area (Å²) >= 11 is 0. The van der Waals surface area contributed by atoms with Crippen molar-refractivity contribution < 1.29 is 26.4 Å². The second-order valence-electron chi connectivity index (χ2n) is 10.1. The van der Waals surface area contributed by atoms with Crippen LogP contribution >= 0.6 is 0 Å². The van der Waals surface area contributed by atoms with Crippen LogP contribution in [0.1, 0.15) is 45.4 Å². The summed E-state index contributed by atoms with van der Waals surface area (Å²) in [7, 11) is -5.96. The number of ether oxygens (including phenoxy) is 1. The van der Waals surface area contributed by atoms with E-state index in [2.05, 4.69) is 15.3 Å². The maximum atomic E-state index is 13.6. The van der Waals surface area contributed by atoms with Gasteiger partial charge in [0.25, 0.3) is 0 Å². The third-order valence-electron chi connectivity index (χ3n) is 5.58. The summed E-state index contributed by atoms with van der Waals surface area (Å²) in [5.41, 5.74) is 0.811. The fourth-order valence-electron chi connectivity index (χ4n) is 3.67. The zero-order valence-electron chi connectivity index (χ0n) is 23.2. The monoisotopic (exact) mass is 589 g/mol. The Kier molecular flexibility index (Phi) is 9.87. The summed E-state index contributed by atoms with van der Waals surface area (Å²) in [5, 5.41) is 2.57. The fourth-order valence-corrected chi connectivity index (χ4v) is 6.27. The molecule has 13 heteroatoms. The number of hydrogen-bond donors (Lipinski definition) is 1. The van der Waals surface area contributed by atoms with Crippen LogP contribution in [0.15, 0.2) is 71.9 Å². The molecule has 0 aliphatic rings. The Morgan fingerprint density at radius 1 is 0.975 bits per heavy atom. The highest BCUT2D eigenvalue weighted by Crippen LogP contribution is 2.23. The van der Waals surface area contributed by atoms with Crippen molar-refractivity contribution in [2.24, 2.45) is 0 Å². The smallest absolute Gasteiger partial charge is 0.413 e. The summed E-state index contributed by atoms with van der Waals surface area (Å²) in [4.78, 5) is 20.6. The molecule has 1 N–H and O–H groups in total. The number of hydrogen-bond acceptors (Lipinski definition) is 8. The first kappa shape index (κ1) is 31.0. The number of nitrogens with one attached hydrogen (secondary N) is 1. The van der Waals surface area contributed by atoms with Gasteiger partial charge in [0, 0.05) is 26.0 Å². The Bertz CT molecular complexity index is 1510. The molecule has 2 aromatic heterocycles. The van der Waals surface area contributed by atoms with Crippen LogP contribution in [0.5, 0.6) is 0 Å². The quantitative estimate of drug-likeness (QED) is 0.347. The average molecular weight is 590 g/mol. The third kappa shape index (κ3) is 8.47. The minimum Gasteiger partial charge on any atom is -0.444 e. The lowest BCUT2D eigenvalue weighted by atomic mass is 10.2. The van der Waals surface area contributed by atoms with E-state index in [0.29, 0.717) is 23.4 Å². The maximum absolute atomic E-state index is 13.6. The molecule has 0 fully saturated rings. The van der Waals surface area contributed by atoms with Gasteiger partial charge in [-0.1, -0.05) is 25.1 Å². The van der Waals surface area contributed by atoms with Crippen molar-refractivity contribution in [3.63, 3.8) is 0 Å². The minimum absolute atomic E-state index is 0.0139. The predicted octanol–water partition coefficient (Wildman–Crippen LogP) is 4.39. The molecule has 1 aromatic carbocycles. The van der Waals surface area contributed by atoms with Gasteiger partial charge in [-0.25, -0.2) is 26.6 Å². The van der Waals surface area contributed by atoms with Crippen molar-refractivity contribution in [1.82, 2.24) is 14.3 Å². The van der Waals surface area contributed by atoms with Gasteiger partial charge >= 0.3 is 6.09 Å². The zero-order valence-corrected chi connectivity index (χ0v) is 24.9. The van der Waals surface area contributed by atoms with Gasteiger partial charge in [-0.15, -0.1) is 0 Å². The summed E-state index contributed by atoms with van der Waals surface area (Å²) in [5.74, 6) is 0.239. The van der Waals surface area contributed by atoms with E-state index in [-0.39, 0.29) is 29.6 Å². The first-order chi connectivity index (χ1) is 18.7. The normalized spacial score (nSPS) is 12.2. The van der Waals surface area contributed by atoms with Crippen molar-refractivity contribution in [1.29, 1.82) is 0 Å². The molecular weight excluding hydrogens is 554 g/mol. The topological polar surface area (TPSA) is 139 Å². The Hall–Kier alpha value is -3.55. The van der Waals surface area contributed by atoms with E-state index in [1.807, 2.05) is 0 Å². The Labute approximate surface area is 236 Å². The summed E-state index contributed by atoms with van der Waals surface area (Å²) in [6.45, 7) is 6.90. The molecule has 0 atom stereocenters. The molecular formula is C27H35N5O6S2. The summed E-state index contributed by atoms with van der Waals surface area (Å²) in [6.07, 6.45) is 2.57. The number of pyridine rings is 2. The standard InChI is InChI=1S/C27H35N5O6S2/c1-6-17-39(34,35)31(5)23-14-12-21(13-15-23)19-32(40(36,37)24-10-8-16-28-18-24)20-22-9-7-11-25(29-22)30-26(33)38-27(2,3)4/h7-16,18H,6,17,19-20H2,1-5H3,(H,29,30,33). The summed E-state index contributed by atoms with van der Waals surface area (Å²) in [6, 6.07) is 14.5. The van der Waals surface area contributed by atoms with Gasteiger partial charge in [0.05, 0.1) is 23.7 Å². The maximum Gasteiger partial charge on any atom is 0.413 e. The first-order valence-electron chi connectivity index (χ1n) is 12.6. The van der Waals surface area contributed by atoms with Crippen LogP contribution in [0.3, 0.4) is 0 Å². The molecule has 0 bridgehead atoms. The molecule has 2 heterocycles. The second-order valence-corrected chi connectivity index (χ2v) is 14.1. The van der Waals surface area contributed by atoms with Crippen molar-refractivity contribution in [2.75, 3.05) is 22.4 Å². The van der Waals surface area contributed by atoms with Gasteiger partial charge in [0.1, 0.15) is 16.3 Å². The van der Waals surface area contributed by atoms with Crippen molar-refractivity contribution in [3.8, 4) is 0 Å². The minimum atomic E-state index is -4.00. The average Bonchev–Trinajstić information content (AvgIpc) is 2.88. The Balaban J connectivity index is 1.88. The number of anilines is 2.